The van der Waals surface area contributed by atoms with Gasteiger partial charge >= 0.3 is 0 Å². The Hall–Kier alpha value is -1.70. The van der Waals surface area contributed by atoms with Crippen molar-refractivity contribution in [3.8, 4) is 0 Å². The molecule has 1 atom stereocenters. The number of azo groups is 1. The summed E-state index contributed by atoms with van der Waals surface area (Å²) in [6.45, 7) is 13.1. The summed E-state index contributed by atoms with van der Waals surface area (Å²) in [6.07, 6.45) is 6.71. The molecule has 0 spiro atoms. The van der Waals surface area contributed by atoms with Crippen molar-refractivity contribution in [3.05, 3.63) is 59.2 Å². The van der Waals surface area contributed by atoms with Crippen LogP contribution in [0.4, 0.5) is 0 Å². The first-order chi connectivity index (χ1) is 10.6. The SMILES string of the molecule is CC(C)(C)N=NC(CC1=CC(C(C)(C)C)=CC1)c1ccccc1. The molecule has 1 aromatic rings. The van der Waals surface area contributed by atoms with Crippen molar-refractivity contribution in [1.82, 2.24) is 0 Å². The van der Waals surface area contributed by atoms with E-state index in [1.165, 1.54) is 16.7 Å². The highest BCUT2D eigenvalue weighted by Gasteiger charge is 2.21. The number of allylic oxidation sites excluding steroid dienone is 3. The van der Waals surface area contributed by atoms with Gasteiger partial charge in [0.25, 0.3) is 0 Å². The zero-order valence-corrected chi connectivity index (χ0v) is 15.4. The topological polar surface area (TPSA) is 24.7 Å². The number of nitrogens with zero attached hydrogens (tertiary/aromatic N) is 2. The van der Waals surface area contributed by atoms with E-state index in [9.17, 15) is 0 Å². The van der Waals surface area contributed by atoms with Gasteiger partial charge in [0, 0.05) is 0 Å². The van der Waals surface area contributed by atoms with Crippen LogP contribution in [0.25, 0.3) is 0 Å². The van der Waals surface area contributed by atoms with Crippen molar-refractivity contribution in [2.45, 2.75) is 66.0 Å². The Bertz CT molecular complexity index is 607. The van der Waals surface area contributed by atoms with Crippen LogP contribution in [0.1, 0.15) is 66.0 Å². The first-order valence-electron chi connectivity index (χ1n) is 8.52. The van der Waals surface area contributed by atoms with Crippen LogP contribution >= 0.6 is 0 Å². The van der Waals surface area contributed by atoms with E-state index < -0.39 is 0 Å². The van der Waals surface area contributed by atoms with E-state index in [1.807, 2.05) is 0 Å². The second kappa shape index (κ2) is 6.82. The molecule has 0 fully saturated rings. The van der Waals surface area contributed by atoms with Crippen LogP contribution in [0.3, 0.4) is 0 Å². The molecule has 124 valence electrons. The first-order valence-corrected chi connectivity index (χ1v) is 8.52. The molecule has 2 nitrogen and oxygen atoms in total. The summed E-state index contributed by atoms with van der Waals surface area (Å²) in [5.41, 5.74) is 4.22. The van der Waals surface area contributed by atoms with Crippen molar-refractivity contribution in [3.63, 3.8) is 0 Å². The normalized spacial score (nSPS) is 17.3. The van der Waals surface area contributed by atoms with Gasteiger partial charge in [0.1, 0.15) is 0 Å². The molecule has 2 rings (SSSR count). The van der Waals surface area contributed by atoms with Crippen molar-refractivity contribution >= 4 is 0 Å². The molecule has 0 bridgehead atoms. The third kappa shape index (κ3) is 5.46. The molecule has 0 aromatic heterocycles. The molecule has 0 N–H and O–H groups in total. The zero-order valence-electron chi connectivity index (χ0n) is 15.4. The third-order valence-corrected chi connectivity index (χ3v) is 3.95. The van der Waals surface area contributed by atoms with Crippen LogP contribution < -0.4 is 0 Å². The Kier molecular flexibility index (Phi) is 5.23. The van der Waals surface area contributed by atoms with Gasteiger partial charge in [-0.1, -0.05) is 68.8 Å². The lowest BCUT2D eigenvalue weighted by atomic mass is 9.87. The summed E-state index contributed by atoms with van der Waals surface area (Å²) in [7, 11) is 0. The van der Waals surface area contributed by atoms with E-state index in [-0.39, 0.29) is 17.0 Å². The second-order valence-electron chi connectivity index (χ2n) is 8.43. The molecular formula is C21H30N2. The predicted octanol–water partition coefficient (Wildman–Crippen LogP) is 6.67. The molecule has 1 unspecified atom stereocenters. The predicted molar refractivity (Wildman–Crippen MR) is 98.6 cm³/mol. The maximum atomic E-state index is 4.68. The molecule has 1 aromatic carbocycles. The summed E-state index contributed by atoms with van der Waals surface area (Å²) in [5.74, 6) is 0. The van der Waals surface area contributed by atoms with E-state index >= 15 is 0 Å². The Labute approximate surface area is 141 Å². The summed E-state index contributed by atoms with van der Waals surface area (Å²) >= 11 is 0. The molecule has 2 heteroatoms. The second-order valence-corrected chi connectivity index (χ2v) is 8.43. The van der Waals surface area contributed by atoms with Crippen LogP contribution in [0.5, 0.6) is 0 Å². The highest BCUT2D eigenvalue weighted by molar-refractivity contribution is 5.37. The molecule has 0 saturated heterocycles. The Morgan fingerprint density at radius 3 is 2.17 bits per heavy atom. The summed E-state index contributed by atoms with van der Waals surface area (Å²) in [4.78, 5) is 0. The fourth-order valence-corrected chi connectivity index (χ4v) is 2.64. The van der Waals surface area contributed by atoms with E-state index in [0.717, 1.165) is 12.8 Å². The largest absolute Gasteiger partial charge is 0.188 e. The average molecular weight is 310 g/mol. The van der Waals surface area contributed by atoms with Gasteiger partial charge in [-0.05, 0) is 50.2 Å². The van der Waals surface area contributed by atoms with Crippen molar-refractivity contribution < 1.29 is 0 Å². The van der Waals surface area contributed by atoms with Crippen molar-refractivity contribution in [2.75, 3.05) is 0 Å². The zero-order chi connectivity index (χ0) is 17.1. The van der Waals surface area contributed by atoms with Gasteiger partial charge in [0.15, 0.2) is 0 Å². The minimum Gasteiger partial charge on any atom is -0.188 e. The van der Waals surface area contributed by atoms with Crippen molar-refractivity contribution in [2.24, 2.45) is 15.6 Å². The van der Waals surface area contributed by atoms with Gasteiger partial charge in [-0.25, -0.2) is 0 Å². The molecule has 1 aliphatic carbocycles. The van der Waals surface area contributed by atoms with E-state index in [1.54, 1.807) is 0 Å². The average Bonchev–Trinajstić information content (AvgIpc) is 2.92. The summed E-state index contributed by atoms with van der Waals surface area (Å²) in [5, 5.41) is 9.20. The Morgan fingerprint density at radius 2 is 1.65 bits per heavy atom. The van der Waals surface area contributed by atoms with Gasteiger partial charge in [-0.3, -0.25) is 0 Å². The highest BCUT2D eigenvalue weighted by Crippen LogP contribution is 2.37. The smallest absolute Gasteiger partial charge is 0.0995 e. The van der Waals surface area contributed by atoms with Crippen LogP contribution in [-0.2, 0) is 0 Å². The van der Waals surface area contributed by atoms with Gasteiger partial charge in [0.05, 0.1) is 11.6 Å². The van der Waals surface area contributed by atoms with Crippen molar-refractivity contribution in [1.29, 1.82) is 0 Å². The molecule has 23 heavy (non-hydrogen) atoms. The Balaban J connectivity index is 2.19. The van der Waals surface area contributed by atoms with Crippen LogP contribution in [0, 0.1) is 5.41 Å². The number of rotatable bonds is 4. The number of hydrogen-bond donors (Lipinski definition) is 0. The fraction of sp³-hybridized carbons (Fsp3) is 0.524. The lowest BCUT2D eigenvalue weighted by molar-refractivity contribution is 0.509. The van der Waals surface area contributed by atoms with E-state index in [4.69, 9.17) is 0 Å². The van der Waals surface area contributed by atoms with Crippen LogP contribution in [0.2, 0.25) is 0 Å². The van der Waals surface area contributed by atoms with Crippen LogP contribution in [0.15, 0.2) is 63.9 Å². The number of hydrogen-bond acceptors (Lipinski definition) is 2. The van der Waals surface area contributed by atoms with Gasteiger partial charge in [-0.2, -0.15) is 10.2 Å². The molecule has 0 radical (unpaired) electrons. The molecular weight excluding hydrogens is 280 g/mol. The van der Waals surface area contributed by atoms with Gasteiger partial charge in [0.2, 0.25) is 0 Å². The fourth-order valence-electron chi connectivity index (χ4n) is 2.64. The highest BCUT2D eigenvalue weighted by atomic mass is 15.2. The van der Waals surface area contributed by atoms with E-state index in [2.05, 4.69) is 94.3 Å². The van der Waals surface area contributed by atoms with E-state index in [0.29, 0.717) is 0 Å². The third-order valence-electron chi connectivity index (χ3n) is 3.95. The monoisotopic (exact) mass is 310 g/mol. The lowest BCUT2D eigenvalue weighted by Crippen LogP contribution is -2.09. The molecule has 0 heterocycles. The molecule has 1 aliphatic rings. The first kappa shape index (κ1) is 17.7. The quantitative estimate of drug-likeness (QED) is 0.555. The maximum Gasteiger partial charge on any atom is 0.0995 e. The van der Waals surface area contributed by atoms with Gasteiger partial charge < -0.3 is 0 Å². The van der Waals surface area contributed by atoms with Gasteiger partial charge in [-0.15, -0.1) is 0 Å². The van der Waals surface area contributed by atoms with Crippen LogP contribution in [-0.4, -0.2) is 5.54 Å². The molecule has 0 amide bonds. The maximum absolute atomic E-state index is 4.68. The summed E-state index contributed by atoms with van der Waals surface area (Å²) < 4.78 is 0. The molecule has 0 aliphatic heterocycles. The Morgan fingerprint density at radius 1 is 1.00 bits per heavy atom. The molecule has 0 saturated carbocycles. The minimum absolute atomic E-state index is 0.106. The number of benzene rings is 1. The minimum atomic E-state index is -0.133. The summed E-state index contributed by atoms with van der Waals surface area (Å²) in [6, 6.07) is 10.6. The standard InChI is InChI=1S/C21H30N2/c1-20(2,3)18-13-12-16(14-18)15-19(22-23-21(4,5)6)17-10-8-7-9-11-17/h7-11,13-14,19H,12,15H2,1-6H3. The lowest BCUT2D eigenvalue weighted by Gasteiger charge is -2.19.